The Bertz CT molecular complexity index is 1040. The number of aromatic nitrogens is 1. The number of fused-ring (bicyclic) bond motifs is 1. The van der Waals surface area contributed by atoms with E-state index >= 15 is 0 Å². The maximum atomic E-state index is 12.6. The molecule has 0 unspecified atom stereocenters. The van der Waals surface area contributed by atoms with Gasteiger partial charge in [0.1, 0.15) is 5.75 Å². The zero-order valence-corrected chi connectivity index (χ0v) is 16.2. The molecule has 1 amide bonds. The molecular formula is C22H22N2O5. The first-order valence-electron chi connectivity index (χ1n) is 9.22. The van der Waals surface area contributed by atoms with E-state index < -0.39 is 12.1 Å². The van der Waals surface area contributed by atoms with E-state index in [0.717, 1.165) is 10.9 Å². The van der Waals surface area contributed by atoms with E-state index in [0.29, 0.717) is 16.9 Å². The minimum absolute atomic E-state index is 0.0492. The molecule has 0 radical (unpaired) electrons. The summed E-state index contributed by atoms with van der Waals surface area (Å²) in [4.78, 5) is 39.9. The molecule has 0 saturated carbocycles. The highest BCUT2D eigenvalue weighted by molar-refractivity contribution is 6.10. The maximum absolute atomic E-state index is 12.6. The minimum Gasteiger partial charge on any atom is -0.496 e. The van der Waals surface area contributed by atoms with E-state index in [9.17, 15) is 14.4 Å². The number of carbonyl (C=O) groups is 3. The number of para-hydroxylation sites is 2. The lowest BCUT2D eigenvalue weighted by Gasteiger charge is -2.12. The van der Waals surface area contributed by atoms with Crippen LogP contribution in [0.2, 0.25) is 0 Å². The average molecular weight is 394 g/mol. The van der Waals surface area contributed by atoms with Crippen molar-refractivity contribution >= 4 is 28.6 Å². The summed E-state index contributed by atoms with van der Waals surface area (Å²) >= 11 is 0. The van der Waals surface area contributed by atoms with E-state index in [4.69, 9.17) is 9.47 Å². The van der Waals surface area contributed by atoms with Crippen LogP contribution in [0.25, 0.3) is 10.9 Å². The van der Waals surface area contributed by atoms with Crippen LogP contribution in [0.15, 0.2) is 54.7 Å². The van der Waals surface area contributed by atoms with E-state index in [-0.39, 0.29) is 24.7 Å². The lowest BCUT2D eigenvalue weighted by Crippen LogP contribution is -2.29. The average Bonchev–Trinajstić information content (AvgIpc) is 3.17. The molecule has 3 rings (SSSR count). The Morgan fingerprint density at radius 2 is 1.76 bits per heavy atom. The van der Waals surface area contributed by atoms with Gasteiger partial charge in [-0.05, 0) is 25.1 Å². The molecule has 1 atom stereocenters. The molecule has 0 saturated heterocycles. The van der Waals surface area contributed by atoms with Gasteiger partial charge in [0.05, 0.1) is 19.1 Å². The third kappa shape index (κ3) is 4.63. The molecule has 29 heavy (non-hydrogen) atoms. The summed E-state index contributed by atoms with van der Waals surface area (Å²) in [5.41, 5.74) is 1.70. The molecule has 0 aliphatic heterocycles. The minimum atomic E-state index is -0.924. The van der Waals surface area contributed by atoms with Gasteiger partial charge in [0.25, 0.3) is 5.91 Å². The smallest absolute Gasteiger partial charge is 0.308 e. The van der Waals surface area contributed by atoms with Crippen LogP contribution in [-0.2, 0) is 9.53 Å². The van der Waals surface area contributed by atoms with E-state index in [1.54, 1.807) is 30.5 Å². The maximum Gasteiger partial charge on any atom is 0.308 e. The molecular weight excluding hydrogens is 372 g/mol. The van der Waals surface area contributed by atoms with Gasteiger partial charge in [-0.3, -0.25) is 14.4 Å². The van der Waals surface area contributed by atoms with Gasteiger partial charge in [0.15, 0.2) is 6.10 Å². The number of nitrogens with one attached hydrogen (secondary N) is 2. The van der Waals surface area contributed by atoms with Crippen LogP contribution >= 0.6 is 0 Å². The Labute approximate surface area is 168 Å². The van der Waals surface area contributed by atoms with Crippen molar-refractivity contribution in [2.24, 2.45) is 0 Å². The molecule has 1 heterocycles. The van der Waals surface area contributed by atoms with Crippen molar-refractivity contribution < 1.29 is 23.9 Å². The highest BCUT2D eigenvalue weighted by Gasteiger charge is 2.22. The molecule has 7 heteroatoms. The first-order chi connectivity index (χ1) is 14.0. The number of ether oxygens (including phenoxy) is 2. The molecule has 7 nitrogen and oxygen atoms in total. The third-order valence-electron chi connectivity index (χ3n) is 4.50. The van der Waals surface area contributed by atoms with Crippen molar-refractivity contribution in [3.63, 3.8) is 0 Å². The van der Waals surface area contributed by atoms with Gasteiger partial charge in [-0.1, -0.05) is 30.3 Å². The van der Waals surface area contributed by atoms with Crippen LogP contribution in [0.1, 0.15) is 34.1 Å². The normalized spacial score (nSPS) is 11.7. The molecule has 0 aliphatic rings. The Hall–Kier alpha value is -3.61. The van der Waals surface area contributed by atoms with Gasteiger partial charge in [-0.25, -0.2) is 0 Å². The van der Waals surface area contributed by atoms with Crippen LogP contribution in [0, 0.1) is 0 Å². The van der Waals surface area contributed by atoms with Gasteiger partial charge in [0.2, 0.25) is 5.78 Å². The van der Waals surface area contributed by atoms with Gasteiger partial charge < -0.3 is 19.8 Å². The predicted molar refractivity (Wildman–Crippen MR) is 108 cm³/mol. The van der Waals surface area contributed by atoms with Crippen molar-refractivity contribution in [1.29, 1.82) is 0 Å². The molecule has 0 bridgehead atoms. The lowest BCUT2D eigenvalue weighted by atomic mass is 10.1. The third-order valence-corrected chi connectivity index (χ3v) is 4.50. The van der Waals surface area contributed by atoms with Crippen LogP contribution in [0.5, 0.6) is 5.75 Å². The number of Topliss-reactive ketones (excluding diaryl/α,β-unsaturated/α-hetero) is 1. The van der Waals surface area contributed by atoms with Crippen molar-refractivity contribution in [2.45, 2.75) is 19.4 Å². The van der Waals surface area contributed by atoms with Crippen molar-refractivity contribution in [3.05, 3.63) is 65.9 Å². The van der Waals surface area contributed by atoms with Crippen LogP contribution in [-0.4, -0.2) is 42.4 Å². The molecule has 150 valence electrons. The van der Waals surface area contributed by atoms with Gasteiger partial charge in [-0.2, -0.15) is 0 Å². The zero-order chi connectivity index (χ0) is 20.8. The SMILES string of the molecule is COc1ccccc1C(=O)NCCC(=O)O[C@H](C)C(=O)c1c[nH]c2ccccc12. The number of rotatable bonds is 8. The highest BCUT2D eigenvalue weighted by Crippen LogP contribution is 2.20. The fraction of sp³-hybridized carbons (Fsp3) is 0.227. The number of benzene rings is 2. The van der Waals surface area contributed by atoms with Crippen LogP contribution in [0.4, 0.5) is 0 Å². The van der Waals surface area contributed by atoms with Crippen molar-refractivity contribution in [2.75, 3.05) is 13.7 Å². The summed E-state index contributed by atoms with van der Waals surface area (Å²) in [5.74, 6) is -0.747. The number of ketones is 1. The Kier molecular flexibility index (Phi) is 6.29. The number of carbonyl (C=O) groups excluding carboxylic acids is 3. The second kappa shape index (κ2) is 9.05. The quantitative estimate of drug-likeness (QED) is 0.452. The van der Waals surface area contributed by atoms with Crippen LogP contribution in [0.3, 0.4) is 0 Å². The van der Waals surface area contributed by atoms with Crippen LogP contribution < -0.4 is 10.1 Å². The molecule has 0 fully saturated rings. The molecule has 3 aromatic rings. The number of esters is 1. The molecule has 0 aliphatic carbocycles. The number of hydrogen-bond acceptors (Lipinski definition) is 5. The first-order valence-corrected chi connectivity index (χ1v) is 9.22. The largest absolute Gasteiger partial charge is 0.496 e. The monoisotopic (exact) mass is 394 g/mol. The number of hydrogen-bond donors (Lipinski definition) is 2. The first kappa shape index (κ1) is 20.1. The lowest BCUT2D eigenvalue weighted by molar-refractivity contribution is -0.146. The summed E-state index contributed by atoms with van der Waals surface area (Å²) in [5, 5.41) is 3.43. The standard InChI is InChI=1S/C22H22N2O5/c1-14(21(26)17-13-24-18-9-5-3-7-15(17)18)29-20(25)11-12-23-22(27)16-8-4-6-10-19(16)28-2/h3-10,13-14,24H,11-12H2,1-2H3,(H,23,27)/t14-/m1/s1. The Morgan fingerprint density at radius 1 is 1.03 bits per heavy atom. The van der Waals surface area contributed by atoms with Crippen molar-refractivity contribution in [1.82, 2.24) is 10.3 Å². The fourth-order valence-corrected chi connectivity index (χ4v) is 3.01. The van der Waals surface area contributed by atoms with Gasteiger partial charge >= 0.3 is 5.97 Å². The van der Waals surface area contributed by atoms with Gasteiger partial charge in [0, 0.05) is 29.2 Å². The van der Waals surface area contributed by atoms with Gasteiger partial charge in [-0.15, -0.1) is 0 Å². The zero-order valence-electron chi connectivity index (χ0n) is 16.2. The number of aromatic amines is 1. The number of amides is 1. The summed E-state index contributed by atoms with van der Waals surface area (Å²) in [6.45, 7) is 1.62. The second-order valence-electron chi connectivity index (χ2n) is 6.45. The van der Waals surface area contributed by atoms with E-state index in [1.165, 1.54) is 14.0 Å². The number of H-pyrrole nitrogens is 1. The van der Waals surface area contributed by atoms with E-state index in [1.807, 2.05) is 24.3 Å². The fourth-order valence-electron chi connectivity index (χ4n) is 3.01. The molecule has 1 aromatic heterocycles. The number of methoxy groups -OCH3 is 1. The second-order valence-corrected chi connectivity index (χ2v) is 6.45. The predicted octanol–water partition coefficient (Wildman–Crippen LogP) is 3.11. The highest BCUT2D eigenvalue weighted by atomic mass is 16.5. The summed E-state index contributed by atoms with van der Waals surface area (Å²) in [7, 11) is 1.48. The summed E-state index contributed by atoms with van der Waals surface area (Å²) in [6.07, 6.45) is 0.642. The summed E-state index contributed by atoms with van der Waals surface area (Å²) in [6, 6.07) is 14.2. The summed E-state index contributed by atoms with van der Waals surface area (Å²) < 4.78 is 10.4. The Balaban J connectivity index is 1.51. The molecule has 2 N–H and O–H groups in total. The molecule has 2 aromatic carbocycles. The Morgan fingerprint density at radius 3 is 2.55 bits per heavy atom. The molecule has 0 spiro atoms. The van der Waals surface area contributed by atoms with Crippen molar-refractivity contribution in [3.8, 4) is 5.75 Å². The van der Waals surface area contributed by atoms with E-state index in [2.05, 4.69) is 10.3 Å². The topological polar surface area (TPSA) is 97.5 Å².